The van der Waals surface area contributed by atoms with Crippen LogP contribution in [0.1, 0.15) is 23.1 Å². The van der Waals surface area contributed by atoms with E-state index < -0.39 is 0 Å². The molecule has 0 saturated carbocycles. The van der Waals surface area contributed by atoms with Gasteiger partial charge in [0.15, 0.2) is 0 Å². The van der Waals surface area contributed by atoms with Crippen LogP contribution >= 0.6 is 22.9 Å². The lowest BCUT2D eigenvalue weighted by molar-refractivity contribution is 0.301. The van der Waals surface area contributed by atoms with Crippen molar-refractivity contribution in [2.45, 2.75) is 26.9 Å². The Balaban J connectivity index is 1.65. The standard InChI is InChI=1S/C22H20ClN3O2S/c1-3-15-8-17(22-18(10-24-26-22)19-12-29-13(2)25-19)20(27)9-21(15)28-11-14-4-6-16(23)7-5-14/h4-10,12,27H,3,11H2,1-2H3,(H,24,26). The topological polar surface area (TPSA) is 71.0 Å². The first-order valence-electron chi connectivity index (χ1n) is 9.24. The number of phenols is 1. The van der Waals surface area contributed by atoms with Gasteiger partial charge in [-0.2, -0.15) is 5.10 Å². The minimum atomic E-state index is 0.130. The Bertz CT molecular complexity index is 1140. The van der Waals surface area contributed by atoms with Gasteiger partial charge in [0, 0.05) is 27.6 Å². The fourth-order valence-corrected chi connectivity index (χ4v) is 3.88. The first-order valence-corrected chi connectivity index (χ1v) is 10.5. The maximum Gasteiger partial charge on any atom is 0.128 e. The Labute approximate surface area is 178 Å². The molecule has 0 atom stereocenters. The van der Waals surface area contributed by atoms with Crippen molar-refractivity contribution < 1.29 is 9.84 Å². The summed E-state index contributed by atoms with van der Waals surface area (Å²) >= 11 is 7.52. The van der Waals surface area contributed by atoms with Crippen LogP contribution < -0.4 is 4.74 Å². The molecule has 0 saturated heterocycles. The van der Waals surface area contributed by atoms with E-state index in [1.807, 2.05) is 42.6 Å². The number of nitrogens with zero attached hydrogens (tertiary/aromatic N) is 2. The van der Waals surface area contributed by atoms with Crippen molar-refractivity contribution in [3.63, 3.8) is 0 Å². The number of nitrogens with one attached hydrogen (secondary N) is 1. The molecule has 5 nitrogen and oxygen atoms in total. The fourth-order valence-electron chi connectivity index (χ4n) is 3.14. The molecule has 0 aliphatic carbocycles. The number of ether oxygens (including phenoxy) is 1. The third-order valence-electron chi connectivity index (χ3n) is 4.67. The van der Waals surface area contributed by atoms with Crippen molar-refractivity contribution in [2.75, 3.05) is 0 Å². The number of aromatic amines is 1. The number of aromatic hydroxyl groups is 1. The summed E-state index contributed by atoms with van der Waals surface area (Å²) in [5.41, 5.74) is 5.14. The molecule has 2 aromatic carbocycles. The van der Waals surface area contributed by atoms with Crippen molar-refractivity contribution in [2.24, 2.45) is 0 Å². The number of halogens is 1. The predicted octanol–water partition coefficient (Wildman–Crippen LogP) is 6.01. The third kappa shape index (κ3) is 4.13. The van der Waals surface area contributed by atoms with Crippen LogP contribution in [0, 0.1) is 6.92 Å². The van der Waals surface area contributed by atoms with E-state index in [9.17, 15) is 5.11 Å². The lowest BCUT2D eigenvalue weighted by Gasteiger charge is -2.14. The minimum absolute atomic E-state index is 0.130. The second-order valence-electron chi connectivity index (χ2n) is 6.66. The summed E-state index contributed by atoms with van der Waals surface area (Å²) < 4.78 is 5.99. The molecule has 29 heavy (non-hydrogen) atoms. The molecule has 148 valence electrons. The van der Waals surface area contributed by atoms with Crippen molar-refractivity contribution in [1.82, 2.24) is 15.2 Å². The van der Waals surface area contributed by atoms with E-state index in [0.717, 1.165) is 39.5 Å². The molecule has 0 bridgehead atoms. The second-order valence-corrected chi connectivity index (χ2v) is 8.15. The average Bonchev–Trinajstić information content (AvgIpc) is 3.36. The number of phenolic OH excluding ortho intramolecular Hbond substituents is 1. The van der Waals surface area contributed by atoms with Gasteiger partial charge in [0.25, 0.3) is 0 Å². The molecule has 2 heterocycles. The number of thiazole rings is 1. The van der Waals surface area contributed by atoms with Crippen LogP contribution in [0.2, 0.25) is 5.02 Å². The molecular weight excluding hydrogens is 406 g/mol. The maximum atomic E-state index is 10.7. The molecule has 4 aromatic rings. The normalized spacial score (nSPS) is 11.0. The van der Waals surface area contributed by atoms with E-state index in [1.54, 1.807) is 23.6 Å². The lowest BCUT2D eigenvalue weighted by Crippen LogP contribution is -1.99. The summed E-state index contributed by atoms with van der Waals surface area (Å²) in [6.45, 7) is 4.42. The molecular formula is C22H20ClN3O2S. The van der Waals surface area contributed by atoms with Gasteiger partial charge in [0.2, 0.25) is 0 Å². The number of aryl methyl sites for hydroxylation is 2. The first-order chi connectivity index (χ1) is 14.0. The molecule has 2 aromatic heterocycles. The Morgan fingerprint density at radius 3 is 2.66 bits per heavy atom. The highest BCUT2D eigenvalue weighted by Gasteiger charge is 2.18. The van der Waals surface area contributed by atoms with Gasteiger partial charge in [-0.05, 0) is 42.7 Å². The SMILES string of the molecule is CCc1cc(-c2[nH]ncc2-c2csc(C)n2)c(O)cc1OCc1ccc(Cl)cc1. The molecule has 7 heteroatoms. The summed E-state index contributed by atoms with van der Waals surface area (Å²) in [5.74, 6) is 0.792. The number of H-pyrrole nitrogens is 1. The van der Waals surface area contributed by atoms with Crippen LogP contribution in [0.5, 0.6) is 11.5 Å². The maximum absolute atomic E-state index is 10.7. The lowest BCUT2D eigenvalue weighted by atomic mass is 10.0. The number of hydrogen-bond acceptors (Lipinski definition) is 5. The minimum Gasteiger partial charge on any atom is -0.507 e. The van der Waals surface area contributed by atoms with Crippen molar-refractivity contribution in [3.05, 3.63) is 69.1 Å². The Morgan fingerprint density at radius 1 is 1.17 bits per heavy atom. The highest BCUT2D eigenvalue weighted by atomic mass is 35.5. The van der Waals surface area contributed by atoms with Gasteiger partial charge in [-0.3, -0.25) is 5.10 Å². The number of rotatable bonds is 6. The van der Waals surface area contributed by atoms with Gasteiger partial charge in [-0.15, -0.1) is 11.3 Å². The zero-order valence-electron chi connectivity index (χ0n) is 16.1. The van der Waals surface area contributed by atoms with Crippen LogP contribution in [-0.2, 0) is 13.0 Å². The summed E-state index contributed by atoms with van der Waals surface area (Å²) in [5, 5.41) is 21.6. The highest BCUT2D eigenvalue weighted by molar-refractivity contribution is 7.09. The summed E-state index contributed by atoms with van der Waals surface area (Å²) in [6.07, 6.45) is 2.50. The molecule has 0 aliphatic rings. The molecule has 0 fully saturated rings. The van der Waals surface area contributed by atoms with Crippen LogP contribution in [-0.4, -0.2) is 20.3 Å². The Kier molecular flexibility index (Phi) is 5.56. The highest BCUT2D eigenvalue weighted by Crippen LogP contribution is 2.39. The Hall–Kier alpha value is -2.83. The summed E-state index contributed by atoms with van der Waals surface area (Å²) in [4.78, 5) is 4.54. The third-order valence-corrected chi connectivity index (χ3v) is 5.70. The number of aromatic nitrogens is 3. The quantitative estimate of drug-likeness (QED) is 0.397. The molecule has 2 N–H and O–H groups in total. The summed E-state index contributed by atoms with van der Waals surface area (Å²) in [7, 11) is 0. The van der Waals surface area contributed by atoms with Crippen molar-refractivity contribution >= 4 is 22.9 Å². The van der Waals surface area contributed by atoms with Crippen LogP contribution in [0.25, 0.3) is 22.5 Å². The van der Waals surface area contributed by atoms with Gasteiger partial charge in [-0.1, -0.05) is 30.7 Å². The molecule has 0 amide bonds. The first kappa shape index (κ1) is 19.5. The molecule has 4 rings (SSSR count). The largest absolute Gasteiger partial charge is 0.507 e. The van der Waals surface area contributed by atoms with Gasteiger partial charge in [0.1, 0.15) is 18.1 Å². The monoisotopic (exact) mass is 425 g/mol. The number of benzene rings is 2. The van der Waals surface area contributed by atoms with Crippen molar-refractivity contribution in [1.29, 1.82) is 0 Å². The summed E-state index contributed by atoms with van der Waals surface area (Å²) in [6, 6.07) is 11.1. The Morgan fingerprint density at radius 2 is 1.97 bits per heavy atom. The van der Waals surface area contributed by atoms with E-state index in [1.165, 1.54) is 0 Å². The average molecular weight is 426 g/mol. The molecule has 0 spiro atoms. The molecule has 0 unspecified atom stereocenters. The van der Waals surface area contributed by atoms with E-state index in [2.05, 4.69) is 22.1 Å². The smallest absolute Gasteiger partial charge is 0.128 e. The van der Waals surface area contributed by atoms with Crippen molar-refractivity contribution in [3.8, 4) is 34.0 Å². The van der Waals surface area contributed by atoms with E-state index in [4.69, 9.17) is 16.3 Å². The van der Waals surface area contributed by atoms with Gasteiger partial charge >= 0.3 is 0 Å². The van der Waals surface area contributed by atoms with Crippen LogP contribution in [0.15, 0.2) is 48.0 Å². The van der Waals surface area contributed by atoms with Gasteiger partial charge in [-0.25, -0.2) is 4.98 Å². The molecule has 0 radical (unpaired) electrons. The molecule has 0 aliphatic heterocycles. The van der Waals surface area contributed by atoms with Gasteiger partial charge in [0.05, 0.1) is 22.6 Å². The number of hydrogen-bond donors (Lipinski definition) is 2. The predicted molar refractivity (Wildman–Crippen MR) is 117 cm³/mol. The van der Waals surface area contributed by atoms with Crippen LogP contribution in [0.4, 0.5) is 0 Å². The van der Waals surface area contributed by atoms with E-state index in [-0.39, 0.29) is 5.75 Å². The van der Waals surface area contributed by atoms with E-state index >= 15 is 0 Å². The van der Waals surface area contributed by atoms with Gasteiger partial charge < -0.3 is 9.84 Å². The second kappa shape index (κ2) is 8.27. The van der Waals surface area contributed by atoms with E-state index in [0.29, 0.717) is 22.9 Å². The fraction of sp³-hybridized carbons (Fsp3) is 0.182. The zero-order chi connectivity index (χ0) is 20.4. The zero-order valence-corrected chi connectivity index (χ0v) is 17.6. The van der Waals surface area contributed by atoms with Crippen LogP contribution in [0.3, 0.4) is 0 Å².